The first-order chi connectivity index (χ1) is 14.5. The molecule has 2 heterocycles. The Bertz CT molecular complexity index is 1070. The molecular weight excluding hydrogens is 402 g/mol. The fourth-order valence-electron chi connectivity index (χ4n) is 2.68. The maximum Gasteiger partial charge on any atom is 0.339 e. The Morgan fingerprint density at radius 3 is 2.87 bits per heavy atom. The van der Waals surface area contributed by atoms with Gasteiger partial charge in [0.05, 0.1) is 29.8 Å². The molecule has 0 bridgehead atoms. The summed E-state index contributed by atoms with van der Waals surface area (Å²) in [5.41, 5.74) is 7.58. The van der Waals surface area contributed by atoms with Crippen LogP contribution in [0.25, 0.3) is 11.4 Å². The third-order valence-electron chi connectivity index (χ3n) is 4.21. The van der Waals surface area contributed by atoms with Gasteiger partial charge in [-0.05, 0) is 44.7 Å². The Morgan fingerprint density at radius 2 is 2.17 bits per heavy atom. The molecule has 3 N–H and O–H groups in total. The van der Waals surface area contributed by atoms with Crippen LogP contribution in [-0.2, 0) is 4.74 Å². The number of aromatic amines is 2. The van der Waals surface area contributed by atoms with Crippen LogP contribution in [0.15, 0.2) is 40.7 Å². The number of hydrogen-bond acceptors (Lipinski definition) is 7. The normalized spacial score (nSPS) is 11.8. The summed E-state index contributed by atoms with van der Waals surface area (Å²) in [5, 5.41) is 11.6. The van der Waals surface area contributed by atoms with Gasteiger partial charge in [-0.2, -0.15) is 10.2 Å². The second kappa shape index (κ2) is 9.88. The zero-order chi connectivity index (χ0) is 21.5. The zero-order valence-electron chi connectivity index (χ0n) is 17.2. The highest BCUT2D eigenvalue weighted by Gasteiger charge is 2.13. The van der Waals surface area contributed by atoms with Crippen LogP contribution in [0.5, 0.6) is 0 Å². The number of aliphatic imine (C=N–C) groups is 1. The number of esters is 1. The number of hydrogen-bond donors (Lipinski definition) is 3. The number of ether oxygens (including phenoxy) is 1. The van der Waals surface area contributed by atoms with Crippen molar-refractivity contribution in [3.63, 3.8) is 0 Å². The van der Waals surface area contributed by atoms with Gasteiger partial charge >= 0.3 is 5.97 Å². The van der Waals surface area contributed by atoms with Crippen molar-refractivity contribution in [3.8, 4) is 11.4 Å². The van der Waals surface area contributed by atoms with E-state index in [0.717, 1.165) is 22.5 Å². The Hall–Kier alpha value is -3.40. The molecule has 0 aliphatic rings. The molecule has 0 amide bonds. The van der Waals surface area contributed by atoms with Crippen LogP contribution in [0.1, 0.15) is 34.2 Å². The van der Waals surface area contributed by atoms with Gasteiger partial charge in [-0.3, -0.25) is 10.5 Å². The Morgan fingerprint density at radius 1 is 1.33 bits per heavy atom. The van der Waals surface area contributed by atoms with Gasteiger partial charge in [0.25, 0.3) is 0 Å². The number of aromatic nitrogens is 4. The Kier molecular flexibility index (Phi) is 7.02. The smallest absolute Gasteiger partial charge is 0.339 e. The highest BCUT2D eigenvalue weighted by Crippen LogP contribution is 2.25. The van der Waals surface area contributed by atoms with Crippen LogP contribution < -0.4 is 5.43 Å². The molecule has 0 saturated carbocycles. The van der Waals surface area contributed by atoms with Gasteiger partial charge in [-0.25, -0.2) is 14.8 Å². The number of nitrogens with one attached hydrogen (secondary N) is 3. The van der Waals surface area contributed by atoms with E-state index in [0.29, 0.717) is 28.9 Å². The summed E-state index contributed by atoms with van der Waals surface area (Å²) in [6.07, 6.45) is 4.98. The van der Waals surface area contributed by atoms with Crippen molar-refractivity contribution in [1.29, 1.82) is 0 Å². The number of aryl methyl sites for hydroxylation is 2. The van der Waals surface area contributed by atoms with E-state index in [9.17, 15) is 4.79 Å². The quantitative estimate of drug-likeness (QED) is 0.240. The number of rotatable bonds is 6. The molecule has 1 aromatic carbocycles. The third-order valence-corrected chi connectivity index (χ3v) is 4.78. The number of nitrogens with zero attached hydrogens (tertiary/aromatic N) is 4. The number of benzene rings is 1. The Balaban J connectivity index is 1.75. The van der Waals surface area contributed by atoms with Gasteiger partial charge in [-0.15, -0.1) is 0 Å². The summed E-state index contributed by atoms with van der Waals surface area (Å²) in [7, 11) is 0. The van der Waals surface area contributed by atoms with Gasteiger partial charge in [0.15, 0.2) is 11.0 Å². The lowest BCUT2D eigenvalue weighted by molar-refractivity contribution is 0.0525. The van der Waals surface area contributed by atoms with E-state index >= 15 is 0 Å². The zero-order valence-corrected chi connectivity index (χ0v) is 18.0. The van der Waals surface area contributed by atoms with Gasteiger partial charge in [-0.1, -0.05) is 23.9 Å². The SMILES string of the molecule is CCOC(=O)c1cc(C=NNC(=Nc2cc(-c3ncn[nH]3)ccc2C)SC)[nH]c1C. The fourth-order valence-corrected chi connectivity index (χ4v) is 3.01. The molecule has 0 radical (unpaired) electrons. The average Bonchev–Trinajstić information content (AvgIpc) is 3.39. The van der Waals surface area contributed by atoms with Crippen molar-refractivity contribution in [2.24, 2.45) is 10.1 Å². The molecule has 30 heavy (non-hydrogen) atoms. The number of hydrazone groups is 1. The number of thioether (sulfide) groups is 1. The molecule has 3 rings (SSSR count). The first kappa shape index (κ1) is 21.3. The van der Waals surface area contributed by atoms with Gasteiger partial charge in [0, 0.05) is 11.3 Å². The minimum atomic E-state index is -0.354. The Labute approximate surface area is 178 Å². The van der Waals surface area contributed by atoms with E-state index in [1.165, 1.54) is 18.1 Å². The fraction of sp³-hybridized carbons (Fsp3) is 0.250. The van der Waals surface area contributed by atoms with E-state index in [4.69, 9.17) is 4.74 Å². The molecule has 0 aliphatic heterocycles. The van der Waals surface area contributed by atoms with Crippen LogP contribution >= 0.6 is 11.8 Å². The lowest BCUT2D eigenvalue weighted by Crippen LogP contribution is -2.13. The summed E-state index contributed by atoms with van der Waals surface area (Å²) in [6.45, 7) is 5.91. The largest absolute Gasteiger partial charge is 0.462 e. The van der Waals surface area contributed by atoms with Gasteiger partial charge < -0.3 is 9.72 Å². The van der Waals surface area contributed by atoms with Crippen molar-refractivity contribution >= 4 is 34.8 Å². The van der Waals surface area contributed by atoms with Crippen LogP contribution in [0.3, 0.4) is 0 Å². The van der Waals surface area contributed by atoms with Crippen molar-refractivity contribution in [2.45, 2.75) is 20.8 Å². The molecule has 0 saturated heterocycles. The van der Waals surface area contributed by atoms with Crippen molar-refractivity contribution in [2.75, 3.05) is 12.9 Å². The molecule has 2 aromatic heterocycles. The van der Waals surface area contributed by atoms with E-state index in [1.807, 2.05) is 38.3 Å². The summed E-state index contributed by atoms with van der Waals surface area (Å²) < 4.78 is 5.04. The minimum absolute atomic E-state index is 0.332. The maximum absolute atomic E-state index is 11.9. The van der Waals surface area contributed by atoms with Gasteiger partial charge in [0.1, 0.15) is 6.33 Å². The molecule has 0 aliphatic carbocycles. The second-order valence-corrected chi connectivity index (χ2v) is 7.11. The maximum atomic E-state index is 11.9. The predicted molar refractivity (Wildman–Crippen MR) is 119 cm³/mol. The number of carbonyl (C=O) groups excluding carboxylic acids is 1. The van der Waals surface area contributed by atoms with Crippen LogP contribution in [0.4, 0.5) is 5.69 Å². The van der Waals surface area contributed by atoms with Crippen LogP contribution in [0.2, 0.25) is 0 Å². The first-order valence-electron chi connectivity index (χ1n) is 9.26. The topological polar surface area (TPSA) is 120 Å². The van der Waals surface area contributed by atoms with E-state index in [1.54, 1.807) is 19.2 Å². The van der Waals surface area contributed by atoms with E-state index < -0.39 is 0 Å². The number of H-pyrrole nitrogens is 2. The molecule has 0 fully saturated rings. The predicted octanol–water partition coefficient (Wildman–Crippen LogP) is 3.57. The highest BCUT2D eigenvalue weighted by molar-refractivity contribution is 8.13. The number of carbonyl (C=O) groups is 1. The van der Waals surface area contributed by atoms with Crippen molar-refractivity contribution in [3.05, 3.63) is 53.1 Å². The number of amidine groups is 1. The second-order valence-electron chi connectivity index (χ2n) is 6.31. The lowest BCUT2D eigenvalue weighted by Gasteiger charge is -2.06. The molecule has 0 spiro atoms. The standard InChI is InChI=1S/C20H23N7O2S/c1-5-29-19(28)16-9-15(24-13(16)3)10-22-27-20(30-4)25-17-8-14(7-6-12(17)2)18-21-11-23-26-18/h6-11,24H,5H2,1-4H3,(H,25,27)(H,21,23,26). The van der Waals surface area contributed by atoms with Crippen LogP contribution in [0, 0.1) is 13.8 Å². The molecular formula is C20H23N7O2S. The minimum Gasteiger partial charge on any atom is -0.462 e. The summed E-state index contributed by atoms with van der Waals surface area (Å²) in [4.78, 5) is 23.9. The van der Waals surface area contributed by atoms with Crippen molar-refractivity contribution < 1.29 is 9.53 Å². The van der Waals surface area contributed by atoms with Crippen LogP contribution in [-0.4, -0.2) is 50.4 Å². The third kappa shape index (κ3) is 5.15. The molecule has 3 aromatic rings. The first-order valence-corrected chi connectivity index (χ1v) is 10.5. The average molecular weight is 426 g/mol. The molecule has 9 nitrogen and oxygen atoms in total. The van der Waals surface area contributed by atoms with E-state index in [-0.39, 0.29) is 5.97 Å². The molecule has 10 heteroatoms. The highest BCUT2D eigenvalue weighted by atomic mass is 32.2. The lowest BCUT2D eigenvalue weighted by atomic mass is 10.1. The molecule has 156 valence electrons. The molecule has 0 unspecified atom stereocenters. The monoisotopic (exact) mass is 425 g/mol. The summed E-state index contributed by atoms with van der Waals surface area (Å²) >= 11 is 1.44. The summed E-state index contributed by atoms with van der Waals surface area (Å²) in [6, 6.07) is 7.60. The van der Waals surface area contributed by atoms with Gasteiger partial charge in [0.2, 0.25) is 0 Å². The molecule has 0 atom stereocenters. The summed E-state index contributed by atoms with van der Waals surface area (Å²) in [5.74, 6) is 0.329. The van der Waals surface area contributed by atoms with E-state index in [2.05, 4.69) is 35.7 Å². The van der Waals surface area contributed by atoms with Crippen molar-refractivity contribution in [1.82, 2.24) is 25.6 Å².